The highest BCUT2D eigenvalue weighted by molar-refractivity contribution is 6.07. The molecule has 1 aliphatic carbocycles. The molecule has 1 saturated carbocycles. The minimum Gasteiger partial charge on any atom is -0.325 e. The van der Waals surface area contributed by atoms with Crippen molar-refractivity contribution in [3.63, 3.8) is 0 Å². The summed E-state index contributed by atoms with van der Waals surface area (Å²) < 4.78 is 0. The fraction of sp³-hybridized carbons (Fsp3) is 0.308. The maximum atomic E-state index is 11.8. The van der Waals surface area contributed by atoms with E-state index in [2.05, 4.69) is 11.4 Å². The molecule has 0 bridgehead atoms. The van der Waals surface area contributed by atoms with Gasteiger partial charge in [0.1, 0.15) is 11.7 Å². The highest BCUT2D eigenvalue weighted by atomic mass is 16.2. The number of rotatable bonds is 3. The van der Waals surface area contributed by atoms with E-state index in [4.69, 9.17) is 5.26 Å². The summed E-state index contributed by atoms with van der Waals surface area (Å²) in [6, 6.07) is 7.18. The van der Waals surface area contributed by atoms with E-state index in [1.807, 2.05) is 6.92 Å². The number of anilines is 1. The van der Waals surface area contributed by atoms with Crippen molar-refractivity contribution in [2.45, 2.75) is 19.8 Å². The lowest BCUT2D eigenvalue weighted by Crippen LogP contribution is -2.25. The van der Waals surface area contributed by atoms with Crippen molar-refractivity contribution in [3.8, 4) is 6.07 Å². The van der Waals surface area contributed by atoms with Crippen molar-refractivity contribution >= 4 is 17.9 Å². The van der Waals surface area contributed by atoms with E-state index >= 15 is 0 Å². The van der Waals surface area contributed by atoms with Crippen LogP contribution in [0.25, 0.3) is 0 Å². The van der Waals surface area contributed by atoms with Gasteiger partial charge in [-0.15, -0.1) is 0 Å². The van der Waals surface area contributed by atoms with Crippen LogP contribution in [-0.2, 0) is 9.59 Å². The van der Waals surface area contributed by atoms with Gasteiger partial charge in [0.25, 0.3) is 0 Å². The first kappa shape index (κ1) is 11.3. The number of benzene rings is 1. The summed E-state index contributed by atoms with van der Waals surface area (Å²) in [5, 5.41) is 11.6. The van der Waals surface area contributed by atoms with Crippen molar-refractivity contribution in [3.05, 3.63) is 29.3 Å². The summed E-state index contributed by atoms with van der Waals surface area (Å²) >= 11 is 0. The molecule has 0 heterocycles. The quantitative estimate of drug-likeness (QED) is 0.633. The van der Waals surface area contributed by atoms with Gasteiger partial charge in [-0.25, -0.2) is 0 Å². The number of nitrogens with one attached hydrogen (secondary N) is 1. The Morgan fingerprint density at radius 1 is 1.53 bits per heavy atom. The van der Waals surface area contributed by atoms with Gasteiger partial charge >= 0.3 is 0 Å². The van der Waals surface area contributed by atoms with Crippen molar-refractivity contribution in [2.24, 2.45) is 5.41 Å². The van der Waals surface area contributed by atoms with Crippen LogP contribution in [0.4, 0.5) is 5.69 Å². The first-order chi connectivity index (χ1) is 8.11. The molecule has 0 aliphatic heterocycles. The van der Waals surface area contributed by atoms with Gasteiger partial charge in [-0.1, -0.05) is 6.07 Å². The summed E-state index contributed by atoms with van der Waals surface area (Å²) in [6.07, 6.45) is 1.93. The molecule has 17 heavy (non-hydrogen) atoms. The van der Waals surface area contributed by atoms with Gasteiger partial charge in [0.2, 0.25) is 5.91 Å². The minimum atomic E-state index is -0.822. The third kappa shape index (κ3) is 2.04. The normalized spacial score (nSPS) is 15.8. The van der Waals surface area contributed by atoms with Gasteiger partial charge in [-0.2, -0.15) is 5.26 Å². The number of aldehydes is 1. The van der Waals surface area contributed by atoms with Crippen molar-refractivity contribution < 1.29 is 9.59 Å². The second-order valence-electron chi connectivity index (χ2n) is 4.37. The van der Waals surface area contributed by atoms with E-state index in [9.17, 15) is 9.59 Å². The van der Waals surface area contributed by atoms with E-state index in [1.165, 1.54) is 0 Å². The molecule has 0 radical (unpaired) electrons. The van der Waals surface area contributed by atoms with Gasteiger partial charge < -0.3 is 10.1 Å². The number of nitriles is 1. The largest absolute Gasteiger partial charge is 0.325 e. The molecule has 0 spiro atoms. The van der Waals surface area contributed by atoms with Crippen molar-refractivity contribution in [2.75, 3.05) is 5.32 Å². The van der Waals surface area contributed by atoms with Crippen molar-refractivity contribution in [1.82, 2.24) is 0 Å². The minimum absolute atomic E-state index is 0.278. The van der Waals surface area contributed by atoms with Crippen LogP contribution in [0.2, 0.25) is 0 Å². The topological polar surface area (TPSA) is 70.0 Å². The second-order valence-corrected chi connectivity index (χ2v) is 4.37. The summed E-state index contributed by atoms with van der Waals surface area (Å²) in [7, 11) is 0. The molecule has 0 saturated heterocycles. The predicted molar refractivity (Wildman–Crippen MR) is 62.3 cm³/mol. The van der Waals surface area contributed by atoms with Gasteiger partial charge in [0.05, 0.1) is 11.6 Å². The Labute approximate surface area is 99.2 Å². The summed E-state index contributed by atoms with van der Waals surface area (Å²) in [4.78, 5) is 22.6. The Morgan fingerprint density at radius 2 is 2.24 bits per heavy atom. The Bertz CT molecular complexity index is 525. The van der Waals surface area contributed by atoms with Crippen molar-refractivity contribution in [1.29, 1.82) is 5.26 Å². The molecule has 2 rings (SSSR count). The second kappa shape index (κ2) is 4.02. The van der Waals surface area contributed by atoms with Gasteiger partial charge in [-0.05, 0) is 37.5 Å². The van der Waals surface area contributed by atoms with Crippen LogP contribution >= 0.6 is 0 Å². The molecule has 0 unspecified atom stereocenters. The lowest BCUT2D eigenvalue weighted by atomic mass is 10.1. The number of carbonyl (C=O) groups is 2. The van der Waals surface area contributed by atoms with Crippen LogP contribution in [0.3, 0.4) is 0 Å². The van der Waals surface area contributed by atoms with Crippen LogP contribution in [0.5, 0.6) is 0 Å². The molecular formula is C13H12N2O2. The van der Waals surface area contributed by atoms with E-state index < -0.39 is 5.41 Å². The van der Waals surface area contributed by atoms with Gasteiger partial charge in [-0.3, -0.25) is 4.79 Å². The Hall–Kier alpha value is -2.15. The standard InChI is InChI=1S/C13H12N2O2/c1-9-2-3-11(6-10(9)7-14)15-12(17)13(8-16)4-5-13/h2-3,6,8H,4-5H2,1H3,(H,15,17). The highest BCUT2D eigenvalue weighted by Crippen LogP contribution is 2.44. The van der Waals surface area contributed by atoms with E-state index in [0.717, 1.165) is 5.56 Å². The molecule has 1 aromatic carbocycles. The van der Waals surface area contributed by atoms with Crippen LogP contribution in [-0.4, -0.2) is 12.2 Å². The Morgan fingerprint density at radius 3 is 2.76 bits per heavy atom. The molecule has 1 aliphatic rings. The molecule has 1 N–H and O–H groups in total. The summed E-state index contributed by atoms with van der Waals surface area (Å²) in [5.41, 5.74) is 1.13. The zero-order valence-corrected chi connectivity index (χ0v) is 9.49. The lowest BCUT2D eigenvalue weighted by molar-refractivity contribution is -0.126. The molecular weight excluding hydrogens is 216 g/mol. The number of amides is 1. The Balaban J connectivity index is 2.17. The molecule has 1 amide bonds. The highest BCUT2D eigenvalue weighted by Gasteiger charge is 2.50. The van der Waals surface area contributed by atoms with Crippen LogP contribution in [0, 0.1) is 23.7 Å². The molecule has 0 aromatic heterocycles. The van der Waals surface area contributed by atoms with Gasteiger partial charge in [0.15, 0.2) is 0 Å². The first-order valence-electron chi connectivity index (χ1n) is 5.40. The SMILES string of the molecule is Cc1ccc(NC(=O)C2(C=O)CC2)cc1C#N. The maximum absolute atomic E-state index is 11.8. The molecule has 4 heteroatoms. The number of hydrogen-bond donors (Lipinski definition) is 1. The average molecular weight is 228 g/mol. The monoisotopic (exact) mass is 228 g/mol. The van der Waals surface area contributed by atoms with E-state index in [-0.39, 0.29) is 5.91 Å². The maximum Gasteiger partial charge on any atom is 0.237 e. The number of aryl methyl sites for hydroxylation is 1. The van der Waals surface area contributed by atoms with Gasteiger partial charge in [0, 0.05) is 5.69 Å². The zero-order valence-electron chi connectivity index (χ0n) is 9.49. The number of nitrogens with zero attached hydrogens (tertiary/aromatic N) is 1. The summed E-state index contributed by atoms with van der Waals surface area (Å²) in [5.74, 6) is -0.278. The van der Waals surface area contributed by atoms with Crippen LogP contribution < -0.4 is 5.32 Å². The van der Waals surface area contributed by atoms with E-state index in [1.54, 1.807) is 18.2 Å². The first-order valence-corrected chi connectivity index (χ1v) is 5.40. The zero-order chi connectivity index (χ0) is 12.5. The van der Waals surface area contributed by atoms with Crippen LogP contribution in [0.15, 0.2) is 18.2 Å². The molecule has 4 nitrogen and oxygen atoms in total. The average Bonchev–Trinajstić information content (AvgIpc) is 3.12. The third-order valence-electron chi connectivity index (χ3n) is 3.08. The predicted octanol–water partition coefficient (Wildman–Crippen LogP) is 1.78. The number of carbonyl (C=O) groups excluding carboxylic acids is 2. The van der Waals surface area contributed by atoms with E-state index in [0.29, 0.717) is 30.4 Å². The van der Waals surface area contributed by atoms with Crippen LogP contribution in [0.1, 0.15) is 24.0 Å². The summed E-state index contributed by atoms with van der Waals surface area (Å²) in [6.45, 7) is 1.83. The fourth-order valence-electron chi connectivity index (χ4n) is 1.61. The molecule has 1 fully saturated rings. The third-order valence-corrected chi connectivity index (χ3v) is 3.08. The molecule has 0 atom stereocenters. The fourth-order valence-corrected chi connectivity index (χ4v) is 1.61. The smallest absolute Gasteiger partial charge is 0.237 e. The molecule has 86 valence electrons. The lowest BCUT2D eigenvalue weighted by Gasteiger charge is -2.09. The number of hydrogen-bond acceptors (Lipinski definition) is 3. The molecule has 1 aromatic rings. The Kier molecular flexibility index (Phi) is 2.68.